The topological polar surface area (TPSA) is 98.5 Å². The van der Waals surface area contributed by atoms with Crippen LogP contribution in [0.1, 0.15) is 17.3 Å². The molecule has 25 heavy (non-hydrogen) atoms. The van der Waals surface area contributed by atoms with E-state index in [2.05, 4.69) is 5.32 Å². The molecule has 0 fully saturated rings. The van der Waals surface area contributed by atoms with E-state index in [-0.39, 0.29) is 27.7 Å². The Hall–Kier alpha value is -3.00. The summed E-state index contributed by atoms with van der Waals surface area (Å²) < 4.78 is 18.4. The van der Waals surface area contributed by atoms with Crippen molar-refractivity contribution in [2.24, 2.45) is 0 Å². The van der Waals surface area contributed by atoms with Crippen LogP contribution < -0.4 is 10.1 Å². The minimum atomic E-state index is -1.04. The van der Waals surface area contributed by atoms with Crippen molar-refractivity contribution in [1.29, 1.82) is 0 Å². The molecule has 0 saturated heterocycles. The van der Waals surface area contributed by atoms with Crippen molar-refractivity contribution in [3.05, 3.63) is 62.9 Å². The largest absolute Gasteiger partial charge is 0.480 e. The summed E-state index contributed by atoms with van der Waals surface area (Å²) in [4.78, 5) is 33.3. The van der Waals surface area contributed by atoms with E-state index in [4.69, 9.17) is 16.3 Å². The first-order valence-electron chi connectivity index (χ1n) is 6.98. The van der Waals surface area contributed by atoms with E-state index >= 15 is 0 Å². The monoisotopic (exact) mass is 366 g/mol. The van der Waals surface area contributed by atoms with E-state index in [1.807, 2.05) is 0 Å². The normalized spacial score (nSPS) is 11.5. The van der Waals surface area contributed by atoms with Crippen LogP contribution in [0.2, 0.25) is 5.02 Å². The van der Waals surface area contributed by atoms with Gasteiger partial charge in [-0.2, -0.15) is 0 Å². The fourth-order valence-electron chi connectivity index (χ4n) is 1.92. The zero-order chi connectivity index (χ0) is 18.6. The molecule has 0 aliphatic carbocycles. The average Bonchev–Trinajstić information content (AvgIpc) is 2.57. The smallest absolute Gasteiger partial charge is 0.270 e. The van der Waals surface area contributed by atoms with Crippen LogP contribution in [-0.2, 0) is 4.79 Å². The standard InChI is InChI=1S/C16H12ClFN2O5/c1-9(16(22)19-14-4-2-11(18)7-13(14)17)25-15-5-3-12(20(23)24)6-10(15)8-21/h2-9H,1H3,(H,19,22)/t9-/m1/s1. The van der Waals surface area contributed by atoms with Crippen LogP contribution >= 0.6 is 11.6 Å². The maximum atomic E-state index is 13.0. The molecule has 0 heterocycles. The summed E-state index contributed by atoms with van der Waals surface area (Å²) in [6.45, 7) is 1.42. The van der Waals surface area contributed by atoms with Gasteiger partial charge >= 0.3 is 0 Å². The lowest BCUT2D eigenvalue weighted by molar-refractivity contribution is -0.384. The van der Waals surface area contributed by atoms with Crippen LogP contribution in [0.4, 0.5) is 15.8 Å². The summed E-state index contributed by atoms with van der Waals surface area (Å²) in [6.07, 6.45) is -0.648. The Morgan fingerprint density at radius 2 is 2.08 bits per heavy atom. The quantitative estimate of drug-likeness (QED) is 0.478. The zero-order valence-electron chi connectivity index (χ0n) is 12.9. The highest BCUT2D eigenvalue weighted by Gasteiger charge is 2.19. The molecule has 2 aromatic rings. The van der Waals surface area contributed by atoms with Crippen LogP contribution in [0.5, 0.6) is 5.75 Å². The van der Waals surface area contributed by atoms with E-state index in [0.717, 1.165) is 24.3 Å². The number of ether oxygens (including phenoxy) is 1. The van der Waals surface area contributed by atoms with Crippen molar-refractivity contribution in [3.8, 4) is 5.75 Å². The van der Waals surface area contributed by atoms with Gasteiger partial charge in [0.1, 0.15) is 11.6 Å². The SMILES string of the molecule is C[C@@H](Oc1ccc([N+](=O)[O-])cc1C=O)C(=O)Nc1ccc(F)cc1Cl. The number of amides is 1. The van der Waals surface area contributed by atoms with Gasteiger partial charge in [0.25, 0.3) is 11.6 Å². The Kier molecular flexibility index (Phi) is 5.66. The minimum absolute atomic E-state index is 0.0180. The van der Waals surface area contributed by atoms with Gasteiger partial charge in [0, 0.05) is 12.1 Å². The number of rotatable bonds is 6. The maximum absolute atomic E-state index is 13.0. The molecule has 0 aromatic heterocycles. The van der Waals surface area contributed by atoms with Gasteiger partial charge in [-0.05, 0) is 31.2 Å². The van der Waals surface area contributed by atoms with E-state index in [1.54, 1.807) is 0 Å². The number of hydrogen-bond donors (Lipinski definition) is 1. The zero-order valence-corrected chi connectivity index (χ0v) is 13.6. The number of benzene rings is 2. The fourth-order valence-corrected chi connectivity index (χ4v) is 2.13. The number of halogens is 2. The second kappa shape index (κ2) is 7.71. The van der Waals surface area contributed by atoms with Gasteiger partial charge in [0.05, 0.1) is 21.2 Å². The molecule has 1 N–H and O–H groups in total. The third-order valence-corrected chi connectivity index (χ3v) is 3.51. The molecule has 1 atom stereocenters. The predicted molar refractivity (Wildman–Crippen MR) is 88.6 cm³/mol. The molecular formula is C16H12ClFN2O5. The highest BCUT2D eigenvalue weighted by atomic mass is 35.5. The molecule has 0 spiro atoms. The number of carbonyl (C=O) groups is 2. The van der Waals surface area contributed by atoms with Crippen LogP contribution in [0.3, 0.4) is 0 Å². The van der Waals surface area contributed by atoms with E-state index in [1.165, 1.54) is 19.1 Å². The third kappa shape index (κ3) is 4.51. The first kappa shape index (κ1) is 18.3. The highest BCUT2D eigenvalue weighted by Crippen LogP contribution is 2.25. The molecule has 0 saturated carbocycles. The first-order valence-corrected chi connectivity index (χ1v) is 7.36. The molecule has 0 unspecified atom stereocenters. The van der Waals surface area contributed by atoms with Crippen LogP contribution in [0.25, 0.3) is 0 Å². The molecule has 0 radical (unpaired) electrons. The second-order valence-electron chi connectivity index (χ2n) is 4.97. The minimum Gasteiger partial charge on any atom is -0.480 e. The maximum Gasteiger partial charge on any atom is 0.270 e. The van der Waals surface area contributed by atoms with Gasteiger partial charge in [0.2, 0.25) is 0 Å². The summed E-state index contributed by atoms with van der Waals surface area (Å²) in [5, 5.41) is 13.2. The fraction of sp³-hybridized carbons (Fsp3) is 0.125. The summed E-state index contributed by atoms with van der Waals surface area (Å²) in [6, 6.07) is 6.91. The lowest BCUT2D eigenvalue weighted by atomic mass is 10.2. The number of nitro groups is 1. The van der Waals surface area contributed by atoms with Gasteiger partial charge < -0.3 is 10.1 Å². The highest BCUT2D eigenvalue weighted by molar-refractivity contribution is 6.33. The summed E-state index contributed by atoms with van der Waals surface area (Å²) in [5.74, 6) is -1.12. The lowest BCUT2D eigenvalue weighted by Gasteiger charge is -2.16. The van der Waals surface area contributed by atoms with Crippen molar-refractivity contribution in [2.75, 3.05) is 5.32 Å². The molecular weight excluding hydrogens is 355 g/mol. The number of nitro benzene ring substituents is 1. The van der Waals surface area contributed by atoms with Gasteiger partial charge in [-0.1, -0.05) is 11.6 Å². The molecule has 2 rings (SSSR count). The van der Waals surface area contributed by atoms with Crippen molar-refractivity contribution in [1.82, 2.24) is 0 Å². The number of nitrogens with one attached hydrogen (secondary N) is 1. The average molecular weight is 367 g/mol. The van der Waals surface area contributed by atoms with E-state index in [0.29, 0.717) is 6.29 Å². The molecule has 9 heteroatoms. The van der Waals surface area contributed by atoms with Crippen molar-refractivity contribution in [3.63, 3.8) is 0 Å². The first-order chi connectivity index (χ1) is 11.8. The number of nitrogens with zero attached hydrogens (tertiary/aromatic N) is 1. The number of carbonyl (C=O) groups excluding carboxylic acids is 2. The van der Waals surface area contributed by atoms with Gasteiger partial charge in [0.15, 0.2) is 12.4 Å². The molecule has 0 aliphatic rings. The Labute approximate surface area is 146 Å². The van der Waals surface area contributed by atoms with Gasteiger partial charge in [-0.25, -0.2) is 4.39 Å². The number of anilines is 1. The van der Waals surface area contributed by atoms with Gasteiger partial charge in [-0.3, -0.25) is 19.7 Å². The second-order valence-corrected chi connectivity index (χ2v) is 5.38. The Morgan fingerprint density at radius 1 is 1.36 bits per heavy atom. The summed E-state index contributed by atoms with van der Waals surface area (Å²) in [7, 11) is 0. The Morgan fingerprint density at radius 3 is 2.68 bits per heavy atom. The Bertz CT molecular complexity index is 843. The van der Waals surface area contributed by atoms with Crippen molar-refractivity contribution >= 4 is 35.2 Å². The number of aldehydes is 1. The van der Waals surface area contributed by atoms with Crippen LogP contribution in [0.15, 0.2) is 36.4 Å². The van der Waals surface area contributed by atoms with E-state index < -0.39 is 22.8 Å². The molecule has 2 aromatic carbocycles. The van der Waals surface area contributed by atoms with Gasteiger partial charge in [-0.15, -0.1) is 0 Å². The predicted octanol–water partition coefficient (Wildman–Crippen LogP) is 3.61. The molecule has 0 aliphatic heterocycles. The van der Waals surface area contributed by atoms with Crippen molar-refractivity contribution in [2.45, 2.75) is 13.0 Å². The van der Waals surface area contributed by atoms with E-state index in [9.17, 15) is 24.1 Å². The van der Waals surface area contributed by atoms with Crippen LogP contribution in [-0.4, -0.2) is 23.2 Å². The lowest BCUT2D eigenvalue weighted by Crippen LogP contribution is -2.30. The van der Waals surface area contributed by atoms with Crippen molar-refractivity contribution < 1.29 is 23.6 Å². The molecule has 1 amide bonds. The number of hydrogen-bond acceptors (Lipinski definition) is 5. The molecule has 7 nitrogen and oxygen atoms in total. The third-order valence-electron chi connectivity index (χ3n) is 3.19. The molecule has 0 bridgehead atoms. The summed E-state index contributed by atoms with van der Waals surface area (Å²) in [5.41, 5.74) is -0.138. The van der Waals surface area contributed by atoms with Crippen LogP contribution in [0, 0.1) is 15.9 Å². The summed E-state index contributed by atoms with van der Waals surface area (Å²) >= 11 is 5.83. The number of non-ortho nitro benzene ring substituents is 1. The molecule has 130 valence electrons. The Balaban J connectivity index is 2.13.